The van der Waals surface area contributed by atoms with Gasteiger partial charge in [-0.1, -0.05) is 73.0 Å². The normalized spacial score (nSPS) is 59.6. The van der Waals surface area contributed by atoms with E-state index in [1.165, 1.54) is 64.2 Å². The van der Waals surface area contributed by atoms with E-state index in [4.69, 9.17) is 0 Å². The van der Waals surface area contributed by atoms with Crippen molar-refractivity contribution in [1.82, 2.24) is 0 Å². The van der Waals surface area contributed by atoms with E-state index in [2.05, 4.69) is 54.5 Å². The lowest BCUT2D eigenvalue weighted by Gasteiger charge is -2.70. The molecule has 0 nitrogen and oxygen atoms in total. The van der Waals surface area contributed by atoms with E-state index in [0.29, 0.717) is 21.7 Å². The van der Waals surface area contributed by atoms with Crippen molar-refractivity contribution in [2.75, 3.05) is 0 Å². The van der Waals surface area contributed by atoms with Crippen molar-refractivity contribution < 1.29 is 0 Å². The molecule has 164 valence electrons. The molecule has 0 radical (unpaired) electrons. The van der Waals surface area contributed by atoms with Crippen LogP contribution < -0.4 is 0 Å². The monoisotopic (exact) mass is 396 g/mol. The Kier molecular flexibility index (Phi) is 4.54. The maximum Gasteiger partial charge on any atom is -0.00564 e. The maximum atomic E-state index is 2.85. The molecule has 0 spiro atoms. The molecule has 5 aliphatic rings. The van der Waals surface area contributed by atoms with Gasteiger partial charge in [0.05, 0.1) is 0 Å². The number of allylic oxidation sites excluding steroid dienone is 2. The fourth-order valence-electron chi connectivity index (χ4n) is 10.6. The van der Waals surface area contributed by atoms with Crippen molar-refractivity contribution in [1.29, 1.82) is 0 Å². The van der Waals surface area contributed by atoms with Gasteiger partial charge in [0.1, 0.15) is 0 Å². The Morgan fingerprint density at radius 3 is 2.31 bits per heavy atom. The third kappa shape index (κ3) is 2.50. The molecule has 29 heavy (non-hydrogen) atoms. The Bertz CT molecular complexity index is 703. The summed E-state index contributed by atoms with van der Waals surface area (Å²) in [5, 5.41) is 0. The fraction of sp³-hybridized carbons (Fsp3) is 0.931. The lowest BCUT2D eigenvalue weighted by Crippen LogP contribution is -2.62. The Morgan fingerprint density at radius 2 is 1.55 bits per heavy atom. The second-order valence-corrected chi connectivity index (χ2v) is 13.7. The maximum absolute atomic E-state index is 2.85. The van der Waals surface area contributed by atoms with Gasteiger partial charge < -0.3 is 0 Å². The second kappa shape index (κ2) is 6.38. The summed E-state index contributed by atoms with van der Waals surface area (Å²) in [4.78, 5) is 0. The molecule has 0 saturated heterocycles. The van der Waals surface area contributed by atoms with Gasteiger partial charge in [-0.25, -0.2) is 0 Å². The number of rotatable bonds is 0. The quantitative estimate of drug-likeness (QED) is 0.359. The van der Waals surface area contributed by atoms with Gasteiger partial charge in [0.25, 0.3) is 0 Å². The smallest absolute Gasteiger partial charge is 0.00564 e. The minimum atomic E-state index is 0.450. The van der Waals surface area contributed by atoms with Crippen LogP contribution in [0.15, 0.2) is 11.6 Å². The fourth-order valence-corrected chi connectivity index (χ4v) is 10.6. The molecule has 0 aromatic rings. The van der Waals surface area contributed by atoms with E-state index < -0.39 is 0 Å². The molecule has 0 heterocycles. The molecule has 4 fully saturated rings. The first-order valence-electron chi connectivity index (χ1n) is 13.3. The van der Waals surface area contributed by atoms with Crippen LogP contribution in [-0.4, -0.2) is 0 Å². The Balaban J connectivity index is 1.58. The van der Waals surface area contributed by atoms with E-state index in [1.54, 1.807) is 0 Å². The van der Waals surface area contributed by atoms with Gasteiger partial charge in [0.2, 0.25) is 0 Å². The highest BCUT2D eigenvalue weighted by atomic mass is 14.7. The van der Waals surface area contributed by atoms with Crippen molar-refractivity contribution in [2.24, 2.45) is 57.2 Å². The predicted octanol–water partition coefficient (Wildman–Crippen LogP) is 8.66. The molecule has 0 aromatic heterocycles. The summed E-state index contributed by atoms with van der Waals surface area (Å²) in [5.74, 6) is 5.47. The second-order valence-electron chi connectivity index (χ2n) is 13.7. The summed E-state index contributed by atoms with van der Waals surface area (Å²) < 4.78 is 0. The van der Waals surface area contributed by atoms with Crippen molar-refractivity contribution >= 4 is 0 Å². The number of fused-ring (bicyclic) bond motifs is 7. The minimum Gasteiger partial charge on any atom is -0.0841 e. The summed E-state index contributed by atoms with van der Waals surface area (Å²) in [6.45, 7) is 18.6. The molecule has 5 aliphatic carbocycles. The van der Waals surface area contributed by atoms with Crippen molar-refractivity contribution in [3.63, 3.8) is 0 Å². The molecular formula is C29H48. The zero-order valence-corrected chi connectivity index (χ0v) is 20.6. The summed E-state index contributed by atoms with van der Waals surface area (Å²) in [7, 11) is 0. The third-order valence-corrected chi connectivity index (χ3v) is 12.8. The first kappa shape index (κ1) is 20.6. The van der Waals surface area contributed by atoms with Crippen LogP contribution in [0.1, 0.15) is 113 Å². The summed E-state index contributed by atoms with van der Waals surface area (Å²) in [6.07, 6.45) is 17.5. The van der Waals surface area contributed by atoms with Crippen LogP contribution in [0, 0.1) is 57.2 Å². The van der Waals surface area contributed by atoms with Gasteiger partial charge in [-0.3, -0.25) is 0 Å². The molecule has 0 N–H and O–H groups in total. The van der Waals surface area contributed by atoms with Gasteiger partial charge in [-0.05, 0) is 109 Å². The average molecular weight is 397 g/mol. The largest absolute Gasteiger partial charge is 0.0841 e. The molecule has 0 bridgehead atoms. The van der Waals surface area contributed by atoms with Crippen molar-refractivity contribution in [3.05, 3.63) is 11.6 Å². The number of hydrogen-bond donors (Lipinski definition) is 0. The molecule has 5 rings (SSSR count). The van der Waals surface area contributed by atoms with Crippen LogP contribution in [-0.2, 0) is 0 Å². The van der Waals surface area contributed by atoms with Crippen LogP contribution in [0.3, 0.4) is 0 Å². The number of hydrogen-bond acceptors (Lipinski definition) is 0. The van der Waals surface area contributed by atoms with Crippen LogP contribution in [0.4, 0.5) is 0 Å². The van der Waals surface area contributed by atoms with E-state index in [9.17, 15) is 0 Å². The first-order valence-corrected chi connectivity index (χ1v) is 13.3. The predicted molar refractivity (Wildman–Crippen MR) is 125 cm³/mol. The van der Waals surface area contributed by atoms with Crippen molar-refractivity contribution in [2.45, 2.75) is 113 Å². The zero-order chi connectivity index (χ0) is 20.8. The first-order chi connectivity index (χ1) is 13.6. The van der Waals surface area contributed by atoms with Crippen molar-refractivity contribution in [3.8, 4) is 0 Å². The summed E-state index contributed by atoms with van der Waals surface area (Å²) in [6, 6.07) is 0. The molecule has 0 aromatic carbocycles. The Labute approximate surface area is 181 Å². The van der Waals surface area contributed by atoms with Gasteiger partial charge in [0, 0.05) is 0 Å². The highest BCUT2D eigenvalue weighted by molar-refractivity contribution is 5.33. The zero-order valence-electron chi connectivity index (χ0n) is 20.6. The van der Waals surface area contributed by atoms with E-state index >= 15 is 0 Å². The minimum absolute atomic E-state index is 0.450. The Morgan fingerprint density at radius 1 is 0.793 bits per heavy atom. The molecule has 0 amide bonds. The molecule has 10 atom stereocenters. The molecule has 0 heteroatoms. The molecular weight excluding hydrogens is 348 g/mol. The van der Waals surface area contributed by atoms with Gasteiger partial charge >= 0.3 is 0 Å². The third-order valence-electron chi connectivity index (χ3n) is 12.8. The topological polar surface area (TPSA) is 0 Å². The summed E-state index contributed by atoms with van der Waals surface area (Å²) >= 11 is 0. The van der Waals surface area contributed by atoms with Crippen LogP contribution >= 0.6 is 0 Å². The van der Waals surface area contributed by atoms with Crippen LogP contribution in [0.5, 0.6) is 0 Å². The van der Waals surface area contributed by atoms with Gasteiger partial charge in [-0.15, -0.1) is 0 Å². The lowest BCUT2D eigenvalue weighted by molar-refractivity contribution is -0.171. The highest BCUT2D eigenvalue weighted by Crippen LogP contribution is 2.74. The lowest BCUT2D eigenvalue weighted by atomic mass is 9.34. The average Bonchev–Trinajstić information content (AvgIpc) is 2.66. The SMILES string of the molecule is CC1CCC2(C)C(CCC3(C)C2CC=C2C4C(C)CCCC4(C)CC[C@]23C)C1C. The van der Waals surface area contributed by atoms with Crippen LogP contribution in [0.25, 0.3) is 0 Å². The van der Waals surface area contributed by atoms with Crippen LogP contribution in [0.2, 0.25) is 0 Å². The molecule has 9 unspecified atom stereocenters. The van der Waals surface area contributed by atoms with Gasteiger partial charge in [-0.2, -0.15) is 0 Å². The van der Waals surface area contributed by atoms with Gasteiger partial charge in [0.15, 0.2) is 0 Å². The summed E-state index contributed by atoms with van der Waals surface area (Å²) in [5.41, 5.74) is 4.06. The molecule has 0 aliphatic heterocycles. The van der Waals surface area contributed by atoms with E-state index in [0.717, 1.165) is 35.5 Å². The standard InChI is InChI=1S/C29H48/c1-19-12-15-27(5)22(21(19)3)13-16-29(7)24(27)11-10-23-25-20(2)9-8-14-26(25,4)17-18-28(23,29)6/h10,19-22,24-25H,8-9,11-18H2,1-7H3/t19?,20?,21?,22?,24?,25?,26?,27?,28-,29?/m1/s1. The molecule has 4 saturated carbocycles. The van der Waals surface area contributed by atoms with E-state index in [-0.39, 0.29) is 0 Å². The Hall–Kier alpha value is -0.260. The van der Waals surface area contributed by atoms with E-state index in [1.807, 2.05) is 5.57 Å². The highest BCUT2D eigenvalue weighted by Gasteiger charge is 2.66.